The Balaban J connectivity index is 1.15. The first-order valence-corrected chi connectivity index (χ1v) is 24.5. The van der Waals surface area contributed by atoms with Crippen molar-refractivity contribution in [3.8, 4) is 44.5 Å². The Kier molecular flexibility index (Phi) is 9.73. The number of hydrogen-bond donors (Lipinski definition) is 0. The zero-order valence-electron chi connectivity index (χ0n) is 31.6. The van der Waals surface area contributed by atoms with Gasteiger partial charge in [-0.3, -0.25) is 0 Å². The molecule has 0 amide bonds. The van der Waals surface area contributed by atoms with Crippen molar-refractivity contribution in [3.05, 3.63) is 212 Å². The Morgan fingerprint density at radius 1 is 0.241 bits per heavy atom. The van der Waals surface area contributed by atoms with E-state index in [2.05, 4.69) is 233 Å². The topological polar surface area (TPSA) is 0 Å². The van der Waals surface area contributed by atoms with E-state index >= 15 is 0 Å². The van der Waals surface area contributed by atoms with Crippen LogP contribution in [-0.2, 0) is 0 Å². The standard InChI is InChI=1S/C52H46Si2/c1-39-15-17-40(18-16-39)41-19-21-43(22-20-41)46-29-35-51(36-30-46)54(49-11-7-5-8-12-49,50-13-9-6-10-14-50)52-37-31-47(32-38-52)44-25-23-42(24-26-44)45-27-33-48(34-28-45)53(2,3)4/h5-38H,1-4H3. The monoisotopic (exact) mass is 726 g/mol. The van der Waals surface area contributed by atoms with Crippen LogP contribution in [-0.4, -0.2) is 16.1 Å². The summed E-state index contributed by atoms with van der Waals surface area (Å²) in [4.78, 5) is 0. The molecule has 0 N–H and O–H groups in total. The van der Waals surface area contributed by atoms with Crippen molar-refractivity contribution in [1.82, 2.24) is 0 Å². The molecule has 0 unspecified atom stereocenters. The van der Waals surface area contributed by atoms with Crippen molar-refractivity contribution in [2.75, 3.05) is 0 Å². The molecule has 262 valence electrons. The number of rotatable bonds is 9. The van der Waals surface area contributed by atoms with Gasteiger partial charge in [-0.15, -0.1) is 0 Å². The molecule has 0 saturated heterocycles. The summed E-state index contributed by atoms with van der Waals surface area (Å²) in [6.07, 6.45) is 0. The fraction of sp³-hybridized carbons (Fsp3) is 0.0769. The van der Waals surface area contributed by atoms with Crippen molar-refractivity contribution in [3.63, 3.8) is 0 Å². The maximum absolute atomic E-state index is 2.67. The Labute approximate surface area is 323 Å². The van der Waals surface area contributed by atoms with Crippen LogP contribution >= 0.6 is 0 Å². The van der Waals surface area contributed by atoms with Crippen LogP contribution in [0.3, 0.4) is 0 Å². The van der Waals surface area contributed by atoms with Gasteiger partial charge in [0.15, 0.2) is 8.07 Å². The van der Waals surface area contributed by atoms with Crippen LogP contribution in [0.1, 0.15) is 5.56 Å². The molecule has 54 heavy (non-hydrogen) atoms. The molecule has 0 heterocycles. The Morgan fingerprint density at radius 2 is 0.463 bits per heavy atom. The van der Waals surface area contributed by atoms with Crippen LogP contribution in [0.5, 0.6) is 0 Å². The van der Waals surface area contributed by atoms with Gasteiger partial charge < -0.3 is 0 Å². The molecule has 0 saturated carbocycles. The van der Waals surface area contributed by atoms with Crippen LogP contribution in [0.2, 0.25) is 19.6 Å². The van der Waals surface area contributed by atoms with Gasteiger partial charge in [0.05, 0.1) is 8.07 Å². The van der Waals surface area contributed by atoms with Gasteiger partial charge in [0.25, 0.3) is 0 Å². The summed E-state index contributed by atoms with van der Waals surface area (Å²) in [5.74, 6) is 0. The molecule has 0 aliphatic heterocycles. The highest BCUT2D eigenvalue weighted by Crippen LogP contribution is 2.27. The predicted octanol–water partition coefficient (Wildman–Crippen LogP) is 10.6. The average molecular weight is 727 g/mol. The van der Waals surface area contributed by atoms with E-state index in [0.717, 1.165) is 0 Å². The molecule has 0 atom stereocenters. The summed E-state index contributed by atoms with van der Waals surface area (Å²) in [5.41, 5.74) is 11.2. The summed E-state index contributed by atoms with van der Waals surface area (Å²) < 4.78 is 0. The fourth-order valence-electron chi connectivity index (χ4n) is 7.82. The van der Waals surface area contributed by atoms with E-state index < -0.39 is 16.1 Å². The minimum atomic E-state index is -2.67. The quantitative estimate of drug-likeness (QED) is 0.103. The zero-order chi connectivity index (χ0) is 37.1. The van der Waals surface area contributed by atoms with Gasteiger partial charge in [-0.1, -0.05) is 237 Å². The molecule has 8 aromatic rings. The lowest BCUT2D eigenvalue weighted by atomic mass is 10.00. The summed E-state index contributed by atoms with van der Waals surface area (Å²) in [6, 6.07) is 77.2. The lowest BCUT2D eigenvalue weighted by molar-refractivity contribution is 1.47. The molecule has 0 spiro atoms. The van der Waals surface area contributed by atoms with Crippen molar-refractivity contribution < 1.29 is 0 Å². The first kappa shape index (κ1) is 35.2. The smallest absolute Gasteiger partial charge is 0.0656 e. The largest absolute Gasteiger partial charge is 0.179 e. The van der Waals surface area contributed by atoms with Crippen LogP contribution < -0.4 is 25.9 Å². The highest BCUT2D eigenvalue weighted by Gasteiger charge is 2.41. The second-order valence-electron chi connectivity index (χ2n) is 15.5. The minimum Gasteiger partial charge on any atom is -0.0656 e. The highest BCUT2D eigenvalue weighted by molar-refractivity contribution is 7.19. The molecule has 2 heteroatoms. The lowest BCUT2D eigenvalue weighted by Gasteiger charge is -2.34. The Hall–Kier alpha value is -5.81. The van der Waals surface area contributed by atoms with Crippen LogP contribution in [0, 0.1) is 6.92 Å². The van der Waals surface area contributed by atoms with Gasteiger partial charge >= 0.3 is 0 Å². The molecule has 8 aromatic carbocycles. The van der Waals surface area contributed by atoms with Crippen LogP contribution in [0.4, 0.5) is 0 Å². The van der Waals surface area contributed by atoms with E-state index in [1.165, 1.54) is 76.0 Å². The molecule has 0 radical (unpaired) electrons. The average Bonchev–Trinajstić information content (AvgIpc) is 3.23. The van der Waals surface area contributed by atoms with Gasteiger partial charge in [-0.2, -0.15) is 0 Å². The van der Waals surface area contributed by atoms with E-state index in [-0.39, 0.29) is 0 Å². The minimum absolute atomic E-state index is 1.23. The van der Waals surface area contributed by atoms with Crippen LogP contribution in [0.15, 0.2) is 206 Å². The van der Waals surface area contributed by atoms with Crippen LogP contribution in [0.25, 0.3) is 44.5 Å². The SMILES string of the molecule is Cc1ccc(-c2ccc(-c3ccc([Si](c4ccccc4)(c4ccccc4)c4ccc(-c5ccc(-c6ccc([Si](C)(C)C)cc6)cc5)cc4)cc3)cc2)cc1. The van der Waals surface area contributed by atoms with Gasteiger partial charge in [-0.25, -0.2) is 0 Å². The fourth-order valence-corrected chi connectivity index (χ4v) is 13.7. The molecule has 0 aliphatic rings. The predicted molar refractivity (Wildman–Crippen MR) is 240 cm³/mol. The molecule has 8 rings (SSSR count). The number of benzene rings is 8. The van der Waals surface area contributed by atoms with E-state index in [1.54, 1.807) is 0 Å². The normalized spacial score (nSPS) is 11.7. The summed E-state index contributed by atoms with van der Waals surface area (Å²) in [6.45, 7) is 9.33. The second kappa shape index (κ2) is 14.9. The maximum atomic E-state index is 2.40. The highest BCUT2D eigenvalue weighted by atomic mass is 28.3. The molecule has 0 aromatic heterocycles. The van der Waals surface area contributed by atoms with E-state index in [0.29, 0.717) is 0 Å². The summed E-state index contributed by atoms with van der Waals surface area (Å²) >= 11 is 0. The summed E-state index contributed by atoms with van der Waals surface area (Å²) in [5, 5.41) is 7.00. The van der Waals surface area contributed by atoms with Gasteiger partial charge in [-0.05, 0) is 72.2 Å². The van der Waals surface area contributed by atoms with Gasteiger partial charge in [0, 0.05) is 0 Å². The lowest BCUT2D eigenvalue weighted by Crippen LogP contribution is -2.74. The van der Waals surface area contributed by atoms with Crippen molar-refractivity contribution in [2.45, 2.75) is 26.6 Å². The van der Waals surface area contributed by atoms with E-state index in [9.17, 15) is 0 Å². The molecular formula is C52H46Si2. The molecule has 0 aliphatic carbocycles. The van der Waals surface area contributed by atoms with Crippen molar-refractivity contribution in [2.24, 2.45) is 0 Å². The molecule has 0 bridgehead atoms. The molecule has 0 nitrogen and oxygen atoms in total. The molecular weight excluding hydrogens is 681 g/mol. The first-order valence-electron chi connectivity index (χ1n) is 19.0. The third-order valence-corrected chi connectivity index (χ3v) is 17.8. The maximum Gasteiger partial charge on any atom is 0.179 e. The van der Waals surface area contributed by atoms with E-state index in [4.69, 9.17) is 0 Å². The zero-order valence-corrected chi connectivity index (χ0v) is 33.6. The Bertz CT molecular complexity index is 2400. The van der Waals surface area contributed by atoms with Crippen molar-refractivity contribution >= 4 is 42.1 Å². The Morgan fingerprint density at radius 3 is 0.741 bits per heavy atom. The van der Waals surface area contributed by atoms with E-state index in [1.807, 2.05) is 0 Å². The molecule has 0 fully saturated rings. The third kappa shape index (κ3) is 6.99. The van der Waals surface area contributed by atoms with Crippen molar-refractivity contribution in [1.29, 1.82) is 0 Å². The first-order chi connectivity index (χ1) is 26.3. The second-order valence-corrected chi connectivity index (χ2v) is 24.4. The van der Waals surface area contributed by atoms with Gasteiger partial charge in [0.1, 0.15) is 0 Å². The summed E-state index contributed by atoms with van der Waals surface area (Å²) in [7, 11) is -3.99. The number of hydrogen-bond acceptors (Lipinski definition) is 0. The third-order valence-electron chi connectivity index (χ3n) is 11.0. The van der Waals surface area contributed by atoms with Gasteiger partial charge in [0.2, 0.25) is 0 Å². The number of aryl methyl sites for hydroxylation is 1.